The van der Waals surface area contributed by atoms with Crippen LogP contribution in [0, 0.1) is 5.92 Å². The molecule has 3 heteroatoms. The van der Waals surface area contributed by atoms with Crippen LogP contribution in [0.25, 0.3) is 0 Å². The second kappa shape index (κ2) is 4.75. The van der Waals surface area contributed by atoms with Crippen molar-refractivity contribution < 1.29 is 4.79 Å². The van der Waals surface area contributed by atoms with Gasteiger partial charge in [0.15, 0.2) is 0 Å². The molecule has 0 amide bonds. The Morgan fingerprint density at radius 2 is 2.33 bits per heavy atom. The molecule has 2 nitrogen and oxygen atoms in total. The van der Waals surface area contributed by atoms with Crippen molar-refractivity contribution in [3.63, 3.8) is 0 Å². The molecule has 0 spiro atoms. The van der Waals surface area contributed by atoms with E-state index in [9.17, 15) is 4.79 Å². The van der Waals surface area contributed by atoms with Crippen LogP contribution in [0.1, 0.15) is 31.2 Å². The summed E-state index contributed by atoms with van der Waals surface area (Å²) in [5, 5.41) is 0.677. The first-order valence-corrected chi connectivity index (χ1v) is 5.76. The van der Waals surface area contributed by atoms with Crippen LogP contribution in [0.4, 0.5) is 0 Å². The Morgan fingerprint density at radius 3 is 3.07 bits per heavy atom. The lowest BCUT2D eigenvalue weighted by Gasteiger charge is -2.20. The predicted molar refractivity (Wildman–Crippen MR) is 59.9 cm³/mol. The van der Waals surface area contributed by atoms with E-state index in [1.165, 1.54) is 6.42 Å². The van der Waals surface area contributed by atoms with Gasteiger partial charge >= 0.3 is 0 Å². The largest absolute Gasteiger partial charge is 0.299 e. The minimum atomic E-state index is 0.179. The fourth-order valence-corrected chi connectivity index (χ4v) is 2.30. The van der Waals surface area contributed by atoms with E-state index in [2.05, 4.69) is 4.98 Å². The second-order valence-corrected chi connectivity index (χ2v) is 4.49. The standard InChI is InChI=1S/C12H14ClNO/c13-11-8-14-6-5-9(11)7-10-3-1-2-4-12(10)15/h5-6,8,10H,1-4,7H2. The smallest absolute Gasteiger partial charge is 0.136 e. The highest BCUT2D eigenvalue weighted by molar-refractivity contribution is 6.31. The summed E-state index contributed by atoms with van der Waals surface area (Å²) >= 11 is 6.02. The number of carbonyl (C=O) groups excluding carboxylic acids is 1. The number of nitrogens with zero attached hydrogens (tertiary/aromatic N) is 1. The molecule has 80 valence electrons. The van der Waals surface area contributed by atoms with Crippen LogP contribution in [-0.4, -0.2) is 10.8 Å². The molecule has 15 heavy (non-hydrogen) atoms. The fourth-order valence-electron chi connectivity index (χ4n) is 2.11. The van der Waals surface area contributed by atoms with Crippen LogP contribution < -0.4 is 0 Å². The van der Waals surface area contributed by atoms with E-state index < -0.39 is 0 Å². The lowest BCUT2D eigenvalue weighted by molar-refractivity contribution is -0.124. The van der Waals surface area contributed by atoms with Gasteiger partial charge in [0, 0.05) is 24.7 Å². The van der Waals surface area contributed by atoms with Gasteiger partial charge in [-0.25, -0.2) is 0 Å². The van der Waals surface area contributed by atoms with Crippen LogP contribution in [0.3, 0.4) is 0 Å². The molecule has 1 saturated carbocycles. The third-order valence-electron chi connectivity index (χ3n) is 3.00. The van der Waals surface area contributed by atoms with Crippen LogP contribution >= 0.6 is 11.6 Å². The first-order chi connectivity index (χ1) is 7.27. The van der Waals surface area contributed by atoms with Crippen molar-refractivity contribution in [2.45, 2.75) is 32.1 Å². The third kappa shape index (κ3) is 2.57. The van der Waals surface area contributed by atoms with Gasteiger partial charge in [-0.1, -0.05) is 18.0 Å². The molecule has 0 N–H and O–H groups in total. The maximum atomic E-state index is 11.7. The molecule has 1 aromatic rings. The van der Waals surface area contributed by atoms with Gasteiger partial charge in [0.2, 0.25) is 0 Å². The van der Waals surface area contributed by atoms with Crippen molar-refractivity contribution in [1.29, 1.82) is 0 Å². The number of pyridine rings is 1. The number of carbonyl (C=O) groups is 1. The Kier molecular flexibility index (Phi) is 3.37. The Labute approximate surface area is 94.7 Å². The van der Waals surface area contributed by atoms with Crippen molar-refractivity contribution in [1.82, 2.24) is 4.98 Å². The Morgan fingerprint density at radius 1 is 1.47 bits per heavy atom. The van der Waals surface area contributed by atoms with E-state index in [4.69, 9.17) is 11.6 Å². The van der Waals surface area contributed by atoms with Crippen molar-refractivity contribution in [2.75, 3.05) is 0 Å². The summed E-state index contributed by atoms with van der Waals surface area (Å²) in [5.41, 5.74) is 1.05. The van der Waals surface area contributed by atoms with Crippen LogP contribution in [0.2, 0.25) is 5.02 Å². The molecule has 1 aliphatic rings. The molecule has 1 heterocycles. The molecular formula is C12H14ClNO. The molecule has 0 aliphatic heterocycles. The summed E-state index contributed by atoms with van der Waals surface area (Å²) in [7, 11) is 0. The number of rotatable bonds is 2. The fraction of sp³-hybridized carbons (Fsp3) is 0.500. The van der Waals surface area contributed by atoms with Gasteiger partial charge in [0.05, 0.1) is 5.02 Å². The highest BCUT2D eigenvalue weighted by atomic mass is 35.5. The molecule has 0 saturated heterocycles. The lowest BCUT2D eigenvalue weighted by Crippen LogP contribution is -2.21. The molecular weight excluding hydrogens is 210 g/mol. The van der Waals surface area contributed by atoms with Crippen molar-refractivity contribution in [2.24, 2.45) is 5.92 Å². The van der Waals surface area contributed by atoms with Gasteiger partial charge in [0.1, 0.15) is 5.78 Å². The molecule has 1 atom stereocenters. The molecule has 1 aliphatic carbocycles. The lowest BCUT2D eigenvalue weighted by atomic mass is 9.84. The van der Waals surface area contributed by atoms with Gasteiger partial charge in [-0.05, 0) is 30.9 Å². The number of hydrogen-bond donors (Lipinski definition) is 0. The molecule has 1 aromatic heterocycles. The average molecular weight is 224 g/mol. The minimum Gasteiger partial charge on any atom is -0.299 e. The van der Waals surface area contributed by atoms with E-state index in [-0.39, 0.29) is 5.92 Å². The van der Waals surface area contributed by atoms with E-state index in [1.807, 2.05) is 6.07 Å². The summed E-state index contributed by atoms with van der Waals surface area (Å²) in [6, 6.07) is 1.91. The van der Waals surface area contributed by atoms with Crippen LogP contribution in [0.5, 0.6) is 0 Å². The summed E-state index contributed by atoms with van der Waals surface area (Å²) in [6.45, 7) is 0. The SMILES string of the molecule is O=C1CCCCC1Cc1ccncc1Cl. The molecule has 0 bridgehead atoms. The Hall–Kier alpha value is -0.890. The van der Waals surface area contributed by atoms with Gasteiger partial charge < -0.3 is 0 Å². The monoisotopic (exact) mass is 223 g/mol. The highest BCUT2D eigenvalue weighted by Crippen LogP contribution is 2.26. The molecule has 2 rings (SSSR count). The quantitative estimate of drug-likeness (QED) is 0.772. The minimum absolute atomic E-state index is 0.179. The summed E-state index contributed by atoms with van der Waals surface area (Å²) in [4.78, 5) is 15.6. The second-order valence-electron chi connectivity index (χ2n) is 4.08. The Balaban J connectivity index is 2.08. The van der Waals surface area contributed by atoms with E-state index in [1.54, 1.807) is 12.4 Å². The first-order valence-electron chi connectivity index (χ1n) is 5.38. The maximum Gasteiger partial charge on any atom is 0.136 e. The molecule has 0 radical (unpaired) electrons. The first kappa shape index (κ1) is 10.6. The van der Waals surface area contributed by atoms with Gasteiger partial charge in [-0.2, -0.15) is 0 Å². The van der Waals surface area contributed by atoms with Crippen LogP contribution in [0.15, 0.2) is 18.5 Å². The number of Topliss-reactive ketones (excluding diaryl/α,β-unsaturated/α-hetero) is 1. The zero-order valence-electron chi connectivity index (χ0n) is 8.58. The van der Waals surface area contributed by atoms with E-state index in [0.29, 0.717) is 10.8 Å². The topological polar surface area (TPSA) is 30.0 Å². The zero-order valence-corrected chi connectivity index (χ0v) is 9.33. The maximum absolute atomic E-state index is 11.7. The van der Waals surface area contributed by atoms with Crippen molar-refractivity contribution in [3.8, 4) is 0 Å². The normalized spacial score (nSPS) is 21.7. The van der Waals surface area contributed by atoms with E-state index >= 15 is 0 Å². The van der Waals surface area contributed by atoms with E-state index in [0.717, 1.165) is 31.2 Å². The van der Waals surface area contributed by atoms with Crippen LogP contribution in [-0.2, 0) is 11.2 Å². The molecule has 1 unspecified atom stereocenters. The predicted octanol–water partition coefficient (Wildman–Crippen LogP) is 3.04. The number of ketones is 1. The summed E-state index contributed by atoms with van der Waals surface area (Å²) < 4.78 is 0. The average Bonchev–Trinajstić information content (AvgIpc) is 2.24. The zero-order chi connectivity index (χ0) is 10.7. The summed E-state index contributed by atoms with van der Waals surface area (Å²) in [5.74, 6) is 0.577. The van der Waals surface area contributed by atoms with Crippen molar-refractivity contribution in [3.05, 3.63) is 29.0 Å². The third-order valence-corrected chi connectivity index (χ3v) is 3.34. The highest BCUT2D eigenvalue weighted by Gasteiger charge is 2.22. The number of hydrogen-bond acceptors (Lipinski definition) is 2. The molecule has 1 fully saturated rings. The van der Waals surface area contributed by atoms with Gasteiger partial charge in [-0.15, -0.1) is 0 Å². The number of aromatic nitrogens is 1. The van der Waals surface area contributed by atoms with Gasteiger partial charge in [-0.3, -0.25) is 9.78 Å². The number of halogens is 1. The summed E-state index contributed by atoms with van der Waals surface area (Å²) in [6.07, 6.45) is 8.13. The van der Waals surface area contributed by atoms with Crippen molar-refractivity contribution >= 4 is 17.4 Å². The van der Waals surface area contributed by atoms with Gasteiger partial charge in [0.25, 0.3) is 0 Å². The Bertz CT molecular complexity index is 364. The molecule has 0 aromatic carbocycles.